The summed E-state index contributed by atoms with van der Waals surface area (Å²) in [6, 6.07) is 10.0. The minimum atomic E-state index is 0.207. The summed E-state index contributed by atoms with van der Waals surface area (Å²) in [6.07, 6.45) is 6.95. The second-order valence-electron chi connectivity index (χ2n) is 10.2. The molecule has 0 bridgehead atoms. The fourth-order valence-electron chi connectivity index (χ4n) is 4.73. The molecular weight excluding hydrogens is 328 g/mol. The third kappa shape index (κ3) is 6.06. The molecule has 0 saturated heterocycles. The lowest BCUT2D eigenvalue weighted by Crippen LogP contribution is -2.43. The van der Waals surface area contributed by atoms with Gasteiger partial charge in [-0.15, -0.1) is 0 Å². The first-order valence-electron chi connectivity index (χ1n) is 11.2. The number of hydrogen-bond donors (Lipinski definition) is 1. The second kappa shape index (κ2) is 9.56. The van der Waals surface area contributed by atoms with E-state index in [9.17, 15) is 0 Å². The lowest BCUT2D eigenvalue weighted by Gasteiger charge is -2.44. The molecule has 1 saturated carbocycles. The van der Waals surface area contributed by atoms with Gasteiger partial charge in [-0.3, -0.25) is 0 Å². The highest BCUT2D eigenvalue weighted by Crippen LogP contribution is 2.47. The summed E-state index contributed by atoms with van der Waals surface area (Å²) in [5.74, 6) is 0.615. The highest BCUT2D eigenvalue weighted by atomic mass is 15.1. The molecule has 1 aromatic carbocycles. The third-order valence-corrected chi connectivity index (χ3v) is 6.90. The van der Waals surface area contributed by atoms with Crippen molar-refractivity contribution < 1.29 is 0 Å². The first-order valence-corrected chi connectivity index (χ1v) is 11.2. The summed E-state index contributed by atoms with van der Waals surface area (Å²) in [4.78, 5) is 2.66. The van der Waals surface area contributed by atoms with Crippen LogP contribution in [0.25, 0.3) is 0 Å². The van der Waals surface area contributed by atoms with E-state index in [2.05, 4.69) is 83.1 Å². The van der Waals surface area contributed by atoms with Crippen LogP contribution in [0.15, 0.2) is 24.3 Å². The minimum absolute atomic E-state index is 0.207. The van der Waals surface area contributed by atoms with E-state index in [-0.39, 0.29) is 5.41 Å². The first-order chi connectivity index (χ1) is 12.7. The molecule has 0 spiro atoms. The van der Waals surface area contributed by atoms with Crippen molar-refractivity contribution in [3.8, 4) is 0 Å². The molecule has 0 amide bonds. The van der Waals surface area contributed by atoms with Gasteiger partial charge in [-0.25, -0.2) is 0 Å². The van der Waals surface area contributed by atoms with Crippen LogP contribution in [0.4, 0.5) is 0 Å². The zero-order valence-electron chi connectivity index (χ0n) is 19.1. The highest BCUT2D eigenvalue weighted by molar-refractivity contribution is 5.32. The number of nitrogens with zero attached hydrogens (tertiary/aromatic N) is 1. The van der Waals surface area contributed by atoms with Crippen molar-refractivity contribution in [2.24, 2.45) is 5.41 Å². The third-order valence-electron chi connectivity index (χ3n) is 6.90. The summed E-state index contributed by atoms with van der Waals surface area (Å²) >= 11 is 0. The molecule has 1 N–H and O–H groups in total. The van der Waals surface area contributed by atoms with Crippen LogP contribution in [-0.4, -0.2) is 37.6 Å². The van der Waals surface area contributed by atoms with Crippen molar-refractivity contribution in [1.29, 1.82) is 0 Å². The van der Waals surface area contributed by atoms with Gasteiger partial charge in [0.2, 0.25) is 0 Å². The Balaban J connectivity index is 2.35. The van der Waals surface area contributed by atoms with E-state index >= 15 is 0 Å². The molecule has 0 radical (unpaired) electrons. The molecule has 1 aromatic rings. The van der Waals surface area contributed by atoms with Crippen molar-refractivity contribution in [2.75, 3.05) is 26.7 Å². The minimum Gasteiger partial charge on any atom is -0.316 e. The Hall–Kier alpha value is -0.860. The molecular formula is C25H44N2. The van der Waals surface area contributed by atoms with E-state index in [1.807, 2.05) is 0 Å². The van der Waals surface area contributed by atoms with E-state index in [1.165, 1.54) is 44.2 Å². The average Bonchev–Trinajstić information content (AvgIpc) is 2.64. The Bertz CT molecular complexity index is 566. The number of likely N-dealkylation sites (N-methyl/N-ethyl adjacent to an activating group) is 2. The maximum atomic E-state index is 3.42. The Morgan fingerprint density at radius 3 is 2.33 bits per heavy atom. The number of rotatable bonds is 8. The summed E-state index contributed by atoms with van der Waals surface area (Å²) in [5.41, 5.74) is 3.66. The molecule has 27 heavy (non-hydrogen) atoms. The van der Waals surface area contributed by atoms with E-state index in [1.54, 1.807) is 5.56 Å². The molecule has 154 valence electrons. The summed E-state index contributed by atoms with van der Waals surface area (Å²) in [6.45, 7) is 17.6. The molecule has 2 heteroatoms. The lowest BCUT2D eigenvalue weighted by atomic mass is 9.64. The van der Waals surface area contributed by atoms with E-state index in [0.29, 0.717) is 17.4 Å². The normalized spacial score (nSPS) is 19.9. The Morgan fingerprint density at radius 2 is 1.78 bits per heavy atom. The van der Waals surface area contributed by atoms with Crippen molar-refractivity contribution in [3.05, 3.63) is 35.4 Å². The van der Waals surface area contributed by atoms with Crippen LogP contribution >= 0.6 is 0 Å². The lowest BCUT2D eigenvalue weighted by molar-refractivity contribution is 0.124. The van der Waals surface area contributed by atoms with Gasteiger partial charge in [-0.05, 0) is 55.3 Å². The van der Waals surface area contributed by atoms with Gasteiger partial charge in [-0.2, -0.15) is 0 Å². The number of hydrogen-bond acceptors (Lipinski definition) is 2. The number of benzene rings is 1. The number of nitrogens with one attached hydrogen (secondary N) is 1. The van der Waals surface area contributed by atoms with Gasteiger partial charge in [-0.1, -0.05) is 78.1 Å². The molecule has 1 aliphatic carbocycles. The molecule has 1 aliphatic rings. The summed E-state index contributed by atoms with van der Waals surface area (Å²) < 4.78 is 0. The molecule has 2 unspecified atom stereocenters. The van der Waals surface area contributed by atoms with Gasteiger partial charge in [0.25, 0.3) is 0 Å². The average molecular weight is 373 g/mol. The monoisotopic (exact) mass is 372 g/mol. The molecule has 2 rings (SSSR count). The largest absolute Gasteiger partial charge is 0.316 e. The predicted octanol–water partition coefficient (Wildman–Crippen LogP) is 5.97. The standard InChI is InChI=1S/C25H44N2/c1-8-27(18-20(2)26-7)19-23(25(6)15-10-9-11-16-25)21-13-12-14-22(17-21)24(3,4)5/h12-14,17,20,23,26H,8-11,15-16,18-19H2,1-7H3. The second-order valence-corrected chi connectivity index (χ2v) is 10.2. The van der Waals surface area contributed by atoms with Crippen molar-refractivity contribution in [3.63, 3.8) is 0 Å². The van der Waals surface area contributed by atoms with Crippen molar-refractivity contribution in [2.45, 2.75) is 91.0 Å². The van der Waals surface area contributed by atoms with E-state index in [0.717, 1.165) is 13.1 Å². The smallest absolute Gasteiger partial charge is 0.0163 e. The molecule has 1 fully saturated rings. The van der Waals surface area contributed by atoms with Gasteiger partial charge in [0.05, 0.1) is 0 Å². The molecule has 0 aliphatic heterocycles. The van der Waals surface area contributed by atoms with Gasteiger partial charge in [0.15, 0.2) is 0 Å². The first kappa shape index (κ1) is 22.4. The van der Waals surface area contributed by atoms with Crippen LogP contribution in [0.5, 0.6) is 0 Å². The Kier molecular flexibility index (Phi) is 7.94. The predicted molar refractivity (Wildman–Crippen MR) is 120 cm³/mol. The molecule has 0 aromatic heterocycles. The molecule has 0 heterocycles. The quantitative estimate of drug-likeness (QED) is 0.605. The van der Waals surface area contributed by atoms with Crippen LogP contribution in [0.2, 0.25) is 0 Å². The molecule has 2 nitrogen and oxygen atoms in total. The fourth-order valence-corrected chi connectivity index (χ4v) is 4.73. The van der Waals surface area contributed by atoms with Crippen LogP contribution in [-0.2, 0) is 5.41 Å². The Labute approximate surface area is 169 Å². The van der Waals surface area contributed by atoms with Gasteiger partial charge in [0.1, 0.15) is 0 Å². The zero-order valence-corrected chi connectivity index (χ0v) is 19.1. The summed E-state index contributed by atoms with van der Waals surface area (Å²) in [7, 11) is 2.07. The maximum absolute atomic E-state index is 3.42. The van der Waals surface area contributed by atoms with Crippen LogP contribution in [0.3, 0.4) is 0 Å². The van der Waals surface area contributed by atoms with Crippen molar-refractivity contribution >= 4 is 0 Å². The van der Waals surface area contributed by atoms with Gasteiger partial charge >= 0.3 is 0 Å². The van der Waals surface area contributed by atoms with E-state index in [4.69, 9.17) is 0 Å². The highest BCUT2D eigenvalue weighted by Gasteiger charge is 2.37. The topological polar surface area (TPSA) is 15.3 Å². The maximum Gasteiger partial charge on any atom is 0.0163 e. The van der Waals surface area contributed by atoms with Gasteiger partial charge < -0.3 is 10.2 Å². The molecule has 2 atom stereocenters. The van der Waals surface area contributed by atoms with Crippen LogP contribution in [0, 0.1) is 5.41 Å². The van der Waals surface area contributed by atoms with Gasteiger partial charge in [0, 0.05) is 25.0 Å². The summed E-state index contributed by atoms with van der Waals surface area (Å²) in [5, 5.41) is 3.42. The van der Waals surface area contributed by atoms with Crippen LogP contribution in [0.1, 0.15) is 90.7 Å². The SMILES string of the molecule is CCN(CC(C)NC)CC(c1cccc(C(C)(C)C)c1)C1(C)CCCCC1. The van der Waals surface area contributed by atoms with Crippen molar-refractivity contribution in [1.82, 2.24) is 10.2 Å². The zero-order chi connectivity index (χ0) is 20.1. The Morgan fingerprint density at radius 1 is 1.11 bits per heavy atom. The van der Waals surface area contributed by atoms with Crippen LogP contribution < -0.4 is 5.32 Å². The fraction of sp³-hybridized carbons (Fsp3) is 0.760. The van der Waals surface area contributed by atoms with E-state index < -0.39 is 0 Å².